The van der Waals surface area contributed by atoms with Gasteiger partial charge in [0.25, 0.3) is 0 Å². The molecule has 1 aliphatic heterocycles. The number of nitrogens with zero attached hydrogens (tertiary/aromatic N) is 2. The van der Waals surface area contributed by atoms with E-state index in [1.165, 1.54) is 11.0 Å². The topological polar surface area (TPSA) is 99.9 Å². The molecule has 2 aromatic carbocycles. The number of benzene rings is 2. The van der Waals surface area contributed by atoms with Crippen molar-refractivity contribution in [2.75, 3.05) is 6.54 Å². The molecule has 4 atom stereocenters. The molecule has 1 saturated heterocycles. The normalized spacial score (nSPS) is 23.8. The number of carbonyl (C=O) groups excluding carboxylic acids is 1. The number of halogens is 1. The Kier molecular flexibility index (Phi) is 7.21. The van der Waals surface area contributed by atoms with Gasteiger partial charge in [-0.25, -0.2) is 14.0 Å². The monoisotopic (exact) mass is 494 g/mol. The Bertz CT molecular complexity index is 1190. The zero-order valence-electron chi connectivity index (χ0n) is 20.7. The predicted molar refractivity (Wildman–Crippen MR) is 131 cm³/mol. The molecule has 190 valence electrons. The van der Waals surface area contributed by atoms with E-state index < -0.39 is 23.7 Å². The van der Waals surface area contributed by atoms with Gasteiger partial charge < -0.3 is 14.6 Å². The molecule has 0 bridgehead atoms. The third-order valence-corrected chi connectivity index (χ3v) is 6.92. The van der Waals surface area contributed by atoms with Crippen molar-refractivity contribution in [3.05, 3.63) is 53.8 Å². The number of nitriles is 1. The summed E-state index contributed by atoms with van der Waals surface area (Å²) in [5.74, 6) is -0.809. The van der Waals surface area contributed by atoms with Gasteiger partial charge in [0.2, 0.25) is 0 Å². The summed E-state index contributed by atoms with van der Waals surface area (Å²) in [4.78, 5) is 26.1. The maximum absolute atomic E-state index is 14.3. The molecule has 0 radical (unpaired) electrons. The van der Waals surface area contributed by atoms with Gasteiger partial charge in [-0.3, -0.25) is 4.90 Å². The van der Waals surface area contributed by atoms with Crippen LogP contribution in [0.2, 0.25) is 0 Å². The summed E-state index contributed by atoms with van der Waals surface area (Å²) in [5, 5.41) is 19.4. The lowest BCUT2D eigenvalue weighted by atomic mass is 9.72. The van der Waals surface area contributed by atoms with Crippen molar-refractivity contribution in [2.24, 2.45) is 11.8 Å². The predicted octanol–water partition coefficient (Wildman–Crippen LogP) is 5.62. The molecule has 7 nitrogen and oxygen atoms in total. The first-order valence-corrected chi connectivity index (χ1v) is 12.2. The van der Waals surface area contributed by atoms with Gasteiger partial charge in [-0.05, 0) is 82.1 Å². The van der Waals surface area contributed by atoms with Crippen LogP contribution in [0.3, 0.4) is 0 Å². The van der Waals surface area contributed by atoms with Crippen LogP contribution in [0.4, 0.5) is 9.18 Å². The number of hydrogen-bond donors (Lipinski definition) is 1. The van der Waals surface area contributed by atoms with Crippen LogP contribution in [0.5, 0.6) is 5.75 Å². The number of rotatable bonds is 4. The molecule has 0 aromatic heterocycles. The second-order valence-corrected chi connectivity index (χ2v) is 10.6. The van der Waals surface area contributed by atoms with Gasteiger partial charge in [0.1, 0.15) is 29.3 Å². The van der Waals surface area contributed by atoms with Crippen LogP contribution in [-0.4, -0.2) is 46.4 Å². The van der Waals surface area contributed by atoms with Crippen LogP contribution in [0.15, 0.2) is 42.5 Å². The van der Waals surface area contributed by atoms with E-state index in [9.17, 15) is 24.3 Å². The van der Waals surface area contributed by atoms with Gasteiger partial charge in [0, 0.05) is 12.1 Å². The van der Waals surface area contributed by atoms with Gasteiger partial charge >= 0.3 is 12.1 Å². The zero-order valence-corrected chi connectivity index (χ0v) is 20.7. The lowest BCUT2D eigenvalue weighted by Crippen LogP contribution is -2.56. The molecule has 2 fully saturated rings. The molecule has 1 saturated carbocycles. The van der Waals surface area contributed by atoms with Crippen LogP contribution in [0, 0.1) is 29.0 Å². The summed E-state index contributed by atoms with van der Waals surface area (Å²) in [7, 11) is 0. The molecule has 2 aliphatic rings. The number of fused-ring (bicyclic) bond motifs is 1. The fourth-order valence-electron chi connectivity index (χ4n) is 5.22. The Morgan fingerprint density at radius 3 is 2.53 bits per heavy atom. The van der Waals surface area contributed by atoms with Crippen LogP contribution in [-0.2, 0) is 9.53 Å². The third kappa shape index (κ3) is 5.62. The number of amides is 1. The number of piperidine rings is 1. The van der Waals surface area contributed by atoms with E-state index in [0.29, 0.717) is 48.2 Å². The zero-order chi connectivity index (χ0) is 26.0. The molecule has 4 unspecified atom stereocenters. The summed E-state index contributed by atoms with van der Waals surface area (Å²) in [6, 6.07) is 12.6. The van der Waals surface area contributed by atoms with Crippen molar-refractivity contribution >= 4 is 12.1 Å². The summed E-state index contributed by atoms with van der Waals surface area (Å²) < 4.78 is 26.1. The average molecular weight is 495 g/mol. The Morgan fingerprint density at radius 1 is 1.11 bits per heavy atom. The maximum Gasteiger partial charge on any atom is 0.411 e. The van der Waals surface area contributed by atoms with Crippen molar-refractivity contribution in [1.29, 1.82) is 5.26 Å². The van der Waals surface area contributed by atoms with E-state index in [4.69, 9.17) is 9.47 Å². The molecule has 36 heavy (non-hydrogen) atoms. The van der Waals surface area contributed by atoms with E-state index in [2.05, 4.69) is 6.07 Å². The second kappa shape index (κ2) is 10.2. The van der Waals surface area contributed by atoms with E-state index in [0.717, 1.165) is 6.42 Å². The number of carboxylic acid groups (broad SMARTS) is 1. The molecule has 1 aliphatic carbocycles. The van der Waals surface area contributed by atoms with Gasteiger partial charge in [0.05, 0.1) is 11.7 Å². The molecular weight excluding hydrogens is 463 g/mol. The van der Waals surface area contributed by atoms with Crippen molar-refractivity contribution in [1.82, 2.24) is 4.90 Å². The first-order chi connectivity index (χ1) is 17.1. The van der Waals surface area contributed by atoms with Crippen LogP contribution in [0.1, 0.15) is 52.0 Å². The minimum atomic E-state index is -1.05. The number of ether oxygens (including phenoxy) is 2. The number of aliphatic carboxylic acids is 1. The number of likely N-dealkylation sites (tertiary alicyclic amines) is 1. The quantitative estimate of drug-likeness (QED) is 0.592. The largest absolute Gasteiger partial charge is 0.489 e. The van der Waals surface area contributed by atoms with Crippen molar-refractivity contribution in [3.8, 4) is 22.9 Å². The maximum atomic E-state index is 14.3. The van der Waals surface area contributed by atoms with E-state index >= 15 is 0 Å². The van der Waals surface area contributed by atoms with Gasteiger partial charge in [-0.1, -0.05) is 24.3 Å². The Balaban J connectivity index is 1.49. The molecule has 1 amide bonds. The SMILES string of the molecule is CC(C)(C)OC(=O)N1CC2CCC(Oc3cc(-c4ccccc4F)ccc3C#N)CC2CC1C(=O)O. The van der Waals surface area contributed by atoms with Crippen LogP contribution >= 0.6 is 0 Å². The summed E-state index contributed by atoms with van der Waals surface area (Å²) in [5.41, 5.74) is 0.695. The van der Waals surface area contributed by atoms with Crippen molar-refractivity contribution in [2.45, 2.75) is 64.2 Å². The minimum absolute atomic E-state index is 0.0591. The average Bonchev–Trinajstić information content (AvgIpc) is 2.82. The summed E-state index contributed by atoms with van der Waals surface area (Å²) in [6.45, 7) is 5.60. The highest BCUT2D eigenvalue weighted by molar-refractivity contribution is 5.80. The molecule has 1 N–H and O–H groups in total. The first kappa shape index (κ1) is 25.5. The van der Waals surface area contributed by atoms with Gasteiger partial charge in [-0.2, -0.15) is 5.26 Å². The molecule has 0 spiro atoms. The minimum Gasteiger partial charge on any atom is -0.489 e. The third-order valence-electron chi connectivity index (χ3n) is 6.92. The van der Waals surface area contributed by atoms with E-state index in [1.54, 1.807) is 57.2 Å². The molecule has 8 heteroatoms. The lowest BCUT2D eigenvalue weighted by Gasteiger charge is -2.46. The fourth-order valence-corrected chi connectivity index (χ4v) is 5.22. The standard InChI is InChI=1S/C28H31FN2O5/c1-28(2,3)36-27(34)31-16-19-10-11-21(12-20(19)13-24(31)26(32)33)35-25-14-17(8-9-18(25)15-30)22-6-4-5-7-23(22)29/h4-9,14,19-21,24H,10-13,16H2,1-3H3,(H,32,33). The number of hydrogen-bond acceptors (Lipinski definition) is 5. The number of carbonyl (C=O) groups is 2. The molecule has 4 rings (SSSR count). The molecule has 2 aromatic rings. The highest BCUT2D eigenvalue weighted by Gasteiger charge is 2.45. The highest BCUT2D eigenvalue weighted by atomic mass is 19.1. The smallest absolute Gasteiger partial charge is 0.411 e. The number of carboxylic acids is 1. The fraction of sp³-hybridized carbons (Fsp3) is 0.464. The Morgan fingerprint density at radius 2 is 1.86 bits per heavy atom. The van der Waals surface area contributed by atoms with E-state index in [-0.39, 0.29) is 23.8 Å². The van der Waals surface area contributed by atoms with Gasteiger partial charge in [0.15, 0.2) is 0 Å². The molecular formula is C28H31FN2O5. The summed E-state index contributed by atoms with van der Waals surface area (Å²) in [6.07, 6.45) is 1.59. The Hall–Kier alpha value is -3.60. The lowest BCUT2D eigenvalue weighted by molar-refractivity contribution is -0.147. The van der Waals surface area contributed by atoms with Crippen molar-refractivity contribution < 1.29 is 28.6 Å². The van der Waals surface area contributed by atoms with Crippen molar-refractivity contribution in [3.63, 3.8) is 0 Å². The second-order valence-electron chi connectivity index (χ2n) is 10.6. The highest BCUT2D eigenvalue weighted by Crippen LogP contribution is 2.41. The molecule has 1 heterocycles. The Labute approximate surface area is 210 Å². The first-order valence-electron chi connectivity index (χ1n) is 12.2. The summed E-state index contributed by atoms with van der Waals surface area (Å²) >= 11 is 0. The van der Waals surface area contributed by atoms with Gasteiger partial charge in [-0.15, -0.1) is 0 Å². The van der Waals surface area contributed by atoms with Crippen LogP contribution in [0.25, 0.3) is 11.1 Å². The van der Waals surface area contributed by atoms with E-state index in [1.807, 2.05) is 0 Å². The van der Waals surface area contributed by atoms with Crippen LogP contribution < -0.4 is 4.74 Å².